The fourth-order valence-electron chi connectivity index (χ4n) is 1.39. The molecule has 0 spiro atoms. The molecule has 0 unspecified atom stereocenters. The molecule has 0 amide bonds. The molecule has 60 valence electrons. The maximum atomic E-state index is 4.31. The van der Waals surface area contributed by atoms with Crippen LogP contribution in [0.1, 0.15) is 18.7 Å². The van der Waals surface area contributed by atoms with Gasteiger partial charge >= 0.3 is 0 Å². The molecule has 1 aromatic rings. The van der Waals surface area contributed by atoms with E-state index < -0.39 is 0 Å². The highest BCUT2D eigenvalue weighted by atomic mass is 15.4. The van der Waals surface area contributed by atoms with Gasteiger partial charge < -0.3 is 5.32 Å². The van der Waals surface area contributed by atoms with Crippen LogP contribution in [0.2, 0.25) is 0 Å². The molecular weight excluding hydrogens is 140 g/mol. The van der Waals surface area contributed by atoms with E-state index in [2.05, 4.69) is 15.4 Å². The third-order valence-corrected chi connectivity index (χ3v) is 1.99. The van der Waals surface area contributed by atoms with Crippen LogP contribution in [0.25, 0.3) is 0 Å². The van der Waals surface area contributed by atoms with Crippen molar-refractivity contribution < 1.29 is 0 Å². The van der Waals surface area contributed by atoms with E-state index in [0.717, 1.165) is 24.7 Å². The number of anilines is 1. The van der Waals surface area contributed by atoms with Gasteiger partial charge in [-0.2, -0.15) is 4.98 Å². The smallest absolute Gasteiger partial charge is 0.242 e. The number of hydrogen-bond donors (Lipinski definition) is 1. The van der Waals surface area contributed by atoms with Gasteiger partial charge in [0.15, 0.2) is 0 Å². The van der Waals surface area contributed by atoms with Crippen LogP contribution in [0, 0.1) is 0 Å². The highest BCUT2D eigenvalue weighted by Crippen LogP contribution is 2.13. The maximum Gasteiger partial charge on any atom is 0.242 e. The van der Waals surface area contributed by atoms with E-state index in [4.69, 9.17) is 0 Å². The Hall–Kier alpha value is -1.06. The van der Waals surface area contributed by atoms with Crippen LogP contribution in [0.4, 0.5) is 5.95 Å². The summed E-state index contributed by atoms with van der Waals surface area (Å²) in [6.07, 6.45) is 3.57. The minimum absolute atomic E-state index is 0.752. The van der Waals surface area contributed by atoms with Gasteiger partial charge in [0.05, 0.1) is 0 Å². The van der Waals surface area contributed by atoms with Gasteiger partial charge in [-0.05, 0) is 12.8 Å². The number of aryl methyl sites for hydroxylation is 2. The summed E-state index contributed by atoms with van der Waals surface area (Å²) in [5.74, 6) is 1.88. The first kappa shape index (κ1) is 6.64. The minimum atomic E-state index is 0.752. The van der Waals surface area contributed by atoms with Crippen LogP contribution in [0.3, 0.4) is 0 Å². The third kappa shape index (κ3) is 1.08. The van der Waals surface area contributed by atoms with Gasteiger partial charge in [-0.15, -0.1) is 5.10 Å². The Bertz CT molecular complexity index is 229. The molecule has 0 fully saturated rings. The third-order valence-electron chi connectivity index (χ3n) is 1.99. The van der Waals surface area contributed by atoms with E-state index in [1.807, 2.05) is 11.7 Å². The number of fused-ring (bicyclic) bond motifs is 1. The molecule has 11 heavy (non-hydrogen) atoms. The number of nitrogens with one attached hydrogen (secondary N) is 1. The van der Waals surface area contributed by atoms with E-state index in [0.29, 0.717) is 0 Å². The summed E-state index contributed by atoms with van der Waals surface area (Å²) >= 11 is 0. The number of hydrogen-bond acceptors (Lipinski definition) is 3. The maximum absolute atomic E-state index is 4.31. The van der Waals surface area contributed by atoms with Gasteiger partial charge in [0.1, 0.15) is 5.82 Å². The Morgan fingerprint density at radius 3 is 3.09 bits per heavy atom. The van der Waals surface area contributed by atoms with Crippen LogP contribution in [-0.4, -0.2) is 21.8 Å². The van der Waals surface area contributed by atoms with Crippen molar-refractivity contribution in [2.75, 3.05) is 12.4 Å². The van der Waals surface area contributed by atoms with Crippen LogP contribution in [-0.2, 0) is 13.0 Å². The van der Waals surface area contributed by atoms with E-state index in [9.17, 15) is 0 Å². The van der Waals surface area contributed by atoms with E-state index >= 15 is 0 Å². The average molecular weight is 152 g/mol. The molecule has 2 heterocycles. The van der Waals surface area contributed by atoms with Crippen LogP contribution in [0.5, 0.6) is 0 Å². The summed E-state index contributed by atoms with van der Waals surface area (Å²) < 4.78 is 2.00. The topological polar surface area (TPSA) is 42.7 Å². The standard InChI is InChI=1S/C7H12N4/c1-8-7-9-6-4-2-3-5-11(6)10-7/h2-5H2,1H3,(H,8,10). The minimum Gasteiger partial charge on any atom is -0.356 e. The lowest BCUT2D eigenvalue weighted by Crippen LogP contribution is -2.11. The van der Waals surface area contributed by atoms with Crippen molar-refractivity contribution in [1.29, 1.82) is 0 Å². The quantitative estimate of drug-likeness (QED) is 0.642. The molecule has 4 heteroatoms. The average Bonchev–Trinajstić information content (AvgIpc) is 2.46. The molecule has 0 radical (unpaired) electrons. The van der Waals surface area contributed by atoms with Crippen molar-refractivity contribution >= 4 is 5.95 Å². The molecule has 1 aliphatic rings. The molecule has 4 nitrogen and oxygen atoms in total. The highest BCUT2D eigenvalue weighted by Gasteiger charge is 2.12. The summed E-state index contributed by atoms with van der Waals surface area (Å²) in [6.45, 7) is 1.03. The molecule has 0 aliphatic carbocycles. The van der Waals surface area contributed by atoms with Crippen molar-refractivity contribution in [2.24, 2.45) is 0 Å². The zero-order valence-electron chi connectivity index (χ0n) is 6.67. The van der Waals surface area contributed by atoms with Crippen molar-refractivity contribution in [1.82, 2.24) is 14.8 Å². The van der Waals surface area contributed by atoms with Crippen molar-refractivity contribution in [3.05, 3.63) is 5.82 Å². The summed E-state index contributed by atoms with van der Waals surface area (Å²) in [5.41, 5.74) is 0. The SMILES string of the molecule is CNc1nc2n(n1)CCCC2. The van der Waals surface area contributed by atoms with Gasteiger partial charge in [0.25, 0.3) is 0 Å². The number of rotatable bonds is 1. The van der Waals surface area contributed by atoms with Crippen molar-refractivity contribution in [3.63, 3.8) is 0 Å². The molecule has 1 aromatic heterocycles. The Kier molecular flexibility index (Phi) is 1.52. The van der Waals surface area contributed by atoms with Crippen LogP contribution >= 0.6 is 0 Å². The van der Waals surface area contributed by atoms with E-state index in [1.165, 1.54) is 12.8 Å². The van der Waals surface area contributed by atoms with E-state index in [1.54, 1.807) is 0 Å². The lowest BCUT2D eigenvalue weighted by Gasteiger charge is -2.09. The fraction of sp³-hybridized carbons (Fsp3) is 0.714. The largest absolute Gasteiger partial charge is 0.356 e. The highest BCUT2D eigenvalue weighted by molar-refractivity contribution is 5.21. The second kappa shape index (κ2) is 2.53. The predicted molar refractivity (Wildman–Crippen MR) is 42.5 cm³/mol. The molecule has 1 aliphatic heterocycles. The van der Waals surface area contributed by atoms with Gasteiger partial charge in [0.2, 0.25) is 5.95 Å². The summed E-state index contributed by atoms with van der Waals surface area (Å²) in [4.78, 5) is 4.31. The zero-order valence-corrected chi connectivity index (χ0v) is 6.67. The molecule has 0 saturated carbocycles. The predicted octanol–water partition coefficient (Wildman–Crippen LogP) is 0.656. The Morgan fingerprint density at radius 1 is 1.45 bits per heavy atom. The molecule has 0 atom stereocenters. The summed E-state index contributed by atoms with van der Waals surface area (Å²) in [7, 11) is 1.85. The molecule has 1 N–H and O–H groups in total. The number of nitrogens with zero attached hydrogens (tertiary/aromatic N) is 3. The van der Waals surface area contributed by atoms with Gasteiger partial charge in [-0.25, -0.2) is 4.68 Å². The summed E-state index contributed by atoms with van der Waals surface area (Å²) in [5, 5.41) is 7.20. The van der Waals surface area contributed by atoms with E-state index in [-0.39, 0.29) is 0 Å². The molecule has 0 bridgehead atoms. The molecular formula is C7H12N4. The first-order valence-corrected chi connectivity index (χ1v) is 4.01. The Morgan fingerprint density at radius 2 is 2.36 bits per heavy atom. The lowest BCUT2D eigenvalue weighted by molar-refractivity contribution is 0.480. The first-order valence-electron chi connectivity index (χ1n) is 4.01. The normalized spacial score (nSPS) is 16.1. The Labute approximate surface area is 65.6 Å². The van der Waals surface area contributed by atoms with Crippen molar-refractivity contribution in [3.8, 4) is 0 Å². The summed E-state index contributed by atoms with van der Waals surface area (Å²) in [6, 6.07) is 0. The van der Waals surface area contributed by atoms with Crippen molar-refractivity contribution in [2.45, 2.75) is 25.8 Å². The lowest BCUT2D eigenvalue weighted by atomic mass is 10.2. The monoisotopic (exact) mass is 152 g/mol. The van der Waals surface area contributed by atoms with Crippen LogP contribution < -0.4 is 5.32 Å². The number of aromatic nitrogens is 3. The Balaban J connectivity index is 2.32. The van der Waals surface area contributed by atoms with Gasteiger partial charge in [-0.3, -0.25) is 0 Å². The van der Waals surface area contributed by atoms with Gasteiger partial charge in [-0.1, -0.05) is 0 Å². The second-order valence-corrected chi connectivity index (χ2v) is 2.78. The zero-order chi connectivity index (χ0) is 7.68. The second-order valence-electron chi connectivity index (χ2n) is 2.78. The molecule has 0 saturated heterocycles. The molecule has 2 rings (SSSR count). The fourth-order valence-corrected chi connectivity index (χ4v) is 1.39. The first-order chi connectivity index (χ1) is 5.40. The molecule has 0 aromatic carbocycles. The van der Waals surface area contributed by atoms with Crippen LogP contribution in [0.15, 0.2) is 0 Å². The van der Waals surface area contributed by atoms with Gasteiger partial charge in [0, 0.05) is 20.0 Å².